The molecule has 1 aromatic carbocycles. The van der Waals surface area contributed by atoms with Gasteiger partial charge in [-0.1, -0.05) is 0 Å². The van der Waals surface area contributed by atoms with Crippen molar-refractivity contribution in [2.24, 2.45) is 0 Å². The van der Waals surface area contributed by atoms with E-state index in [4.69, 9.17) is 10.00 Å². The fourth-order valence-electron chi connectivity index (χ4n) is 2.50. The number of methoxy groups -OCH3 is 1. The summed E-state index contributed by atoms with van der Waals surface area (Å²) in [4.78, 5) is 0.159. The predicted molar refractivity (Wildman–Crippen MR) is 78.2 cm³/mol. The van der Waals surface area contributed by atoms with Gasteiger partial charge in [-0.15, -0.1) is 0 Å². The van der Waals surface area contributed by atoms with E-state index in [9.17, 15) is 8.42 Å². The number of nitrogens with zero attached hydrogens (tertiary/aromatic N) is 1. The average molecular weight is 309 g/mol. The maximum Gasteiger partial charge on any atom is 0.240 e. The minimum Gasteiger partial charge on any atom is -0.383 e. The van der Waals surface area contributed by atoms with Gasteiger partial charge in [-0.25, -0.2) is 13.1 Å². The Balaban J connectivity index is 2.08. The molecule has 1 heterocycles. The summed E-state index contributed by atoms with van der Waals surface area (Å²) in [6.07, 6.45) is 1.87. The fourth-order valence-corrected chi connectivity index (χ4v) is 3.62. The zero-order valence-corrected chi connectivity index (χ0v) is 12.7. The van der Waals surface area contributed by atoms with Crippen molar-refractivity contribution in [2.75, 3.05) is 26.8 Å². The number of rotatable bonds is 6. The Hall–Kier alpha value is -1.46. The van der Waals surface area contributed by atoms with E-state index in [2.05, 4.69) is 10.0 Å². The van der Waals surface area contributed by atoms with Crippen LogP contribution in [0.2, 0.25) is 0 Å². The normalized spacial score (nSPS) is 22.1. The summed E-state index contributed by atoms with van der Waals surface area (Å²) in [6.45, 7) is 1.61. The summed E-state index contributed by atoms with van der Waals surface area (Å²) < 4.78 is 32.4. The zero-order valence-electron chi connectivity index (χ0n) is 11.9. The second-order valence-corrected chi connectivity index (χ2v) is 6.97. The van der Waals surface area contributed by atoms with Crippen LogP contribution in [0, 0.1) is 11.3 Å². The van der Waals surface area contributed by atoms with Crippen molar-refractivity contribution in [2.45, 2.75) is 23.3 Å². The van der Waals surface area contributed by atoms with Crippen molar-refractivity contribution in [1.29, 1.82) is 5.26 Å². The molecule has 0 spiro atoms. The van der Waals surface area contributed by atoms with Crippen LogP contribution in [-0.4, -0.2) is 40.8 Å². The lowest BCUT2D eigenvalue weighted by Crippen LogP contribution is -2.52. The first kappa shape index (κ1) is 15.9. The SMILES string of the molecule is COCC1(CNS(=O)(=O)c2ccc(C#N)cc2)CCCN1. The number of sulfonamides is 1. The number of nitrogens with one attached hydrogen (secondary N) is 2. The van der Waals surface area contributed by atoms with Crippen LogP contribution in [0.3, 0.4) is 0 Å². The molecule has 0 radical (unpaired) electrons. The Morgan fingerprint density at radius 1 is 1.43 bits per heavy atom. The molecule has 0 aromatic heterocycles. The average Bonchev–Trinajstić information content (AvgIpc) is 2.95. The molecular formula is C14H19N3O3S. The van der Waals surface area contributed by atoms with E-state index in [0.29, 0.717) is 12.2 Å². The number of nitriles is 1. The van der Waals surface area contributed by atoms with Crippen LogP contribution in [-0.2, 0) is 14.8 Å². The first-order valence-corrected chi connectivity index (χ1v) is 8.23. The molecule has 7 heteroatoms. The first-order valence-electron chi connectivity index (χ1n) is 6.75. The zero-order chi connectivity index (χ0) is 15.3. The highest BCUT2D eigenvalue weighted by molar-refractivity contribution is 7.89. The third kappa shape index (κ3) is 3.80. The van der Waals surface area contributed by atoms with E-state index >= 15 is 0 Å². The summed E-state index contributed by atoms with van der Waals surface area (Å²) in [5.41, 5.74) is 0.0938. The van der Waals surface area contributed by atoms with Crippen molar-refractivity contribution in [3.05, 3.63) is 29.8 Å². The highest BCUT2D eigenvalue weighted by atomic mass is 32.2. The molecule has 0 amide bonds. The number of hydrogen-bond donors (Lipinski definition) is 2. The van der Waals surface area contributed by atoms with Crippen molar-refractivity contribution < 1.29 is 13.2 Å². The Morgan fingerprint density at radius 3 is 2.67 bits per heavy atom. The number of hydrogen-bond acceptors (Lipinski definition) is 5. The van der Waals surface area contributed by atoms with Crippen molar-refractivity contribution in [3.8, 4) is 6.07 Å². The standard InChI is InChI=1S/C14H19N3O3S/c1-20-11-14(7-2-8-16-14)10-17-21(18,19)13-5-3-12(9-15)4-6-13/h3-6,16-17H,2,7-8,10-11H2,1H3. The van der Waals surface area contributed by atoms with Gasteiger partial charge < -0.3 is 10.1 Å². The monoisotopic (exact) mass is 309 g/mol. The minimum atomic E-state index is -3.58. The first-order chi connectivity index (χ1) is 10.0. The van der Waals surface area contributed by atoms with Crippen LogP contribution in [0.15, 0.2) is 29.2 Å². The van der Waals surface area contributed by atoms with E-state index in [-0.39, 0.29) is 17.0 Å². The molecule has 1 aliphatic rings. The summed E-state index contributed by atoms with van der Waals surface area (Å²) in [7, 11) is -1.98. The topological polar surface area (TPSA) is 91.2 Å². The lowest BCUT2D eigenvalue weighted by atomic mass is 9.99. The molecule has 1 atom stereocenters. The molecule has 1 saturated heterocycles. The second-order valence-electron chi connectivity index (χ2n) is 5.20. The third-order valence-electron chi connectivity index (χ3n) is 3.65. The predicted octanol–water partition coefficient (Wildman–Crippen LogP) is 0.605. The number of ether oxygens (including phenoxy) is 1. The lowest BCUT2D eigenvalue weighted by Gasteiger charge is -2.28. The van der Waals surface area contributed by atoms with E-state index < -0.39 is 10.0 Å². The largest absolute Gasteiger partial charge is 0.383 e. The van der Waals surface area contributed by atoms with Gasteiger partial charge in [0.25, 0.3) is 0 Å². The molecule has 1 aliphatic heterocycles. The Labute approximate surface area is 125 Å². The molecule has 114 valence electrons. The molecule has 1 aromatic rings. The van der Waals surface area contributed by atoms with Gasteiger partial charge in [0.1, 0.15) is 0 Å². The van der Waals surface area contributed by atoms with Gasteiger partial charge in [0.2, 0.25) is 10.0 Å². The molecular weight excluding hydrogens is 290 g/mol. The van der Waals surface area contributed by atoms with Gasteiger partial charge in [0, 0.05) is 13.7 Å². The summed E-state index contributed by atoms with van der Waals surface area (Å²) in [6, 6.07) is 7.82. The quantitative estimate of drug-likeness (QED) is 0.803. The molecule has 0 aliphatic carbocycles. The summed E-state index contributed by atoms with van der Waals surface area (Å²) in [5.74, 6) is 0. The van der Waals surface area contributed by atoms with Crippen molar-refractivity contribution >= 4 is 10.0 Å². The Kier molecular flexibility index (Phi) is 4.96. The van der Waals surface area contributed by atoms with Crippen LogP contribution < -0.4 is 10.0 Å². The Morgan fingerprint density at radius 2 is 2.14 bits per heavy atom. The van der Waals surface area contributed by atoms with Gasteiger partial charge in [-0.05, 0) is 43.7 Å². The minimum absolute atomic E-state index is 0.159. The molecule has 21 heavy (non-hydrogen) atoms. The molecule has 0 bridgehead atoms. The maximum absolute atomic E-state index is 12.3. The van der Waals surface area contributed by atoms with Crippen LogP contribution in [0.25, 0.3) is 0 Å². The van der Waals surface area contributed by atoms with Gasteiger partial charge >= 0.3 is 0 Å². The van der Waals surface area contributed by atoms with Crippen molar-refractivity contribution in [3.63, 3.8) is 0 Å². The van der Waals surface area contributed by atoms with E-state index in [1.54, 1.807) is 7.11 Å². The van der Waals surface area contributed by atoms with Crippen LogP contribution in [0.4, 0.5) is 0 Å². The molecule has 1 unspecified atom stereocenters. The lowest BCUT2D eigenvalue weighted by molar-refractivity contribution is 0.122. The van der Waals surface area contributed by atoms with Crippen molar-refractivity contribution in [1.82, 2.24) is 10.0 Å². The highest BCUT2D eigenvalue weighted by Crippen LogP contribution is 2.20. The fraction of sp³-hybridized carbons (Fsp3) is 0.500. The molecule has 2 N–H and O–H groups in total. The maximum atomic E-state index is 12.3. The molecule has 0 saturated carbocycles. The highest BCUT2D eigenvalue weighted by Gasteiger charge is 2.34. The third-order valence-corrected chi connectivity index (χ3v) is 5.06. The molecule has 6 nitrogen and oxygen atoms in total. The van der Waals surface area contributed by atoms with Crippen LogP contribution in [0.1, 0.15) is 18.4 Å². The van der Waals surface area contributed by atoms with Gasteiger partial charge in [0.05, 0.1) is 28.7 Å². The summed E-state index contributed by atoms with van der Waals surface area (Å²) >= 11 is 0. The van der Waals surface area contributed by atoms with E-state index in [1.165, 1.54) is 24.3 Å². The number of benzene rings is 1. The van der Waals surface area contributed by atoms with Crippen LogP contribution >= 0.6 is 0 Å². The van der Waals surface area contributed by atoms with Crippen LogP contribution in [0.5, 0.6) is 0 Å². The summed E-state index contributed by atoms with van der Waals surface area (Å²) in [5, 5.41) is 12.1. The van der Waals surface area contributed by atoms with E-state index in [0.717, 1.165) is 19.4 Å². The smallest absolute Gasteiger partial charge is 0.240 e. The van der Waals surface area contributed by atoms with E-state index in [1.807, 2.05) is 6.07 Å². The molecule has 1 fully saturated rings. The van der Waals surface area contributed by atoms with Gasteiger partial charge in [-0.2, -0.15) is 5.26 Å². The second kappa shape index (κ2) is 6.54. The molecule has 2 rings (SSSR count). The van der Waals surface area contributed by atoms with Gasteiger partial charge in [-0.3, -0.25) is 0 Å². The Bertz CT molecular complexity index is 614. The van der Waals surface area contributed by atoms with Gasteiger partial charge in [0.15, 0.2) is 0 Å².